The molecule has 1 heterocycles. The number of hydrogen-bond acceptors (Lipinski definition) is 3. The molecule has 3 nitrogen and oxygen atoms in total. The molecule has 4 unspecified atom stereocenters. The van der Waals surface area contributed by atoms with Crippen molar-refractivity contribution in [2.45, 2.75) is 31.8 Å². The largest absolute Gasteiger partial charge is 0.308 e. The molecule has 16 heavy (non-hydrogen) atoms. The van der Waals surface area contributed by atoms with Crippen molar-refractivity contribution in [3.63, 3.8) is 0 Å². The Balaban J connectivity index is 1.38. The van der Waals surface area contributed by atoms with E-state index in [0.29, 0.717) is 0 Å². The Morgan fingerprint density at radius 2 is 2.00 bits per heavy atom. The molecule has 3 aliphatic carbocycles. The van der Waals surface area contributed by atoms with E-state index in [1.807, 2.05) is 6.20 Å². The highest BCUT2D eigenvalue weighted by Crippen LogP contribution is 2.65. The summed E-state index contributed by atoms with van der Waals surface area (Å²) < 4.78 is 0. The normalized spacial score (nSPS) is 43.4. The number of nitrogens with one attached hydrogen (secondary N) is 1. The number of rotatable bonds is 3. The zero-order valence-corrected chi connectivity index (χ0v) is 9.34. The summed E-state index contributed by atoms with van der Waals surface area (Å²) in [5.41, 5.74) is 1.07. The fourth-order valence-corrected chi connectivity index (χ4v) is 4.24. The molecular formula is C13H17N3. The molecule has 0 aliphatic heterocycles. The van der Waals surface area contributed by atoms with Gasteiger partial charge in [0.1, 0.15) is 0 Å². The summed E-state index contributed by atoms with van der Waals surface area (Å²) in [4.78, 5) is 8.40. The van der Waals surface area contributed by atoms with Gasteiger partial charge in [-0.15, -0.1) is 0 Å². The van der Waals surface area contributed by atoms with Crippen LogP contribution in [0.15, 0.2) is 18.6 Å². The second-order valence-corrected chi connectivity index (χ2v) is 5.59. The molecule has 0 aromatic carbocycles. The number of fused-ring (bicyclic) bond motifs is 5. The molecule has 4 rings (SSSR count). The fourth-order valence-electron chi connectivity index (χ4n) is 4.24. The highest BCUT2D eigenvalue weighted by atomic mass is 15.0. The van der Waals surface area contributed by atoms with Crippen molar-refractivity contribution < 1.29 is 0 Å². The highest BCUT2D eigenvalue weighted by molar-refractivity contribution is 5.17. The van der Waals surface area contributed by atoms with Gasteiger partial charge in [-0.3, -0.25) is 9.97 Å². The van der Waals surface area contributed by atoms with E-state index in [4.69, 9.17) is 0 Å². The van der Waals surface area contributed by atoms with Gasteiger partial charge in [0.25, 0.3) is 0 Å². The van der Waals surface area contributed by atoms with Crippen LogP contribution in [0.4, 0.5) is 0 Å². The molecule has 3 saturated carbocycles. The topological polar surface area (TPSA) is 37.8 Å². The van der Waals surface area contributed by atoms with Gasteiger partial charge in [-0.05, 0) is 42.9 Å². The van der Waals surface area contributed by atoms with Crippen molar-refractivity contribution in [2.24, 2.45) is 23.7 Å². The smallest absolute Gasteiger partial charge is 0.0724 e. The first-order valence-electron chi connectivity index (χ1n) is 6.42. The molecule has 3 heteroatoms. The van der Waals surface area contributed by atoms with Crippen LogP contribution in [0.3, 0.4) is 0 Å². The standard InChI is InChI=1S/C13H17N3/c1-2-9-5-8(1)11-12(9)13(11)16-7-10-6-14-3-4-15-10/h3-4,6,8-9,11-13,16H,1-2,5,7H2. The first-order valence-corrected chi connectivity index (χ1v) is 6.42. The quantitative estimate of drug-likeness (QED) is 0.832. The average molecular weight is 215 g/mol. The molecular weight excluding hydrogens is 198 g/mol. The second kappa shape index (κ2) is 3.27. The van der Waals surface area contributed by atoms with Gasteiger partial charge in [-0.1, -0.05) is 0 Å². The Labute approximate surface area is 95.7 Å². The van der Waals surface area contributed by atoms with Gasteiger partial charge in [0.05, 0.1) is 5.69 Å². The van der Waals surface area contributed by atoms with Gasteiger partial charge < -0.3 is 5.32 Å². The molecule has 3 fully saturated rings. The number of nitrogens with zero attached hydrogens (tertiary/aromatic N) is 2. The molecule has 3 aliphatic rings. The summed E-state index contributed by atoms with van der Waals surface area (Å²) in [5.74, 6) is 4.12. The van der Waals surface area contributed by atoms with E-state index in [2.05, 4.69) is 15.3 Å². The van der Waals surface area contributed by atoms with Gasteiger partial charge in [0.15, 0.2) is 0 Å². The number of aromatic nitrogens is 2. The van der Waals surface area contributed by atoms with E-state index in [1.165, 1.54) is 19.3 Å². The van der Waals surface area contributed by atoms with Crippen LogP contribution in [0.5, 0.6) is 0 Å². The van der Waals surface area contributed by atoms with Crippen molar-refractivity contribution in [2.75, 3.05) is 0 Å². The molecule has 0 amide bonds. The second-order valence-electron chi connectivity index (χ2n) is 5.59. The van der Waals surface area contributed by atoms with Crippen LogP contribution >= 0.6 is 0 Å². The first-order chi connectivity index (χ1) is 7.93. The molecule has 0 radical (unpaired) electrons. The Bertz CT molecular complexity index is 375. The molecule has 2 bridgehead atoms. The predicted molar refractivity (Wildman–Crippen MR) is 60.5 cm³/mol. The van der Waals surface area contributed by atoms with E-state index in [0.717, 1.165) is 42.0 Å². The average Bonchev–Trinajstić information content (AvgIpc) is 2.72. The van der Waals surface area contributed by atoms with Gasteiger partial charge in [0.2, 0.25) is 0 Å². The van der Waals surface area contributed by atoms with E-state index >= 15 is 0 Å². The van der Waals surface area contributed by atoms with E-state index in [-0.39, 0.29) is 0 Å². The predicted octanol–water partition coefficient (Wildman–Crippen LogP) is 1.61. The van der Waals surface area contributed by atoms with E-state index < -0.39 is 0 Å². The summed E-state index contributed by atoms with van der Waals surface area (Å²) in [6.45, 7) is 0.894. The first kappa shape index (κ1) is 9.11. The third kappa shape index (κ3) is 1.24. The maximum absolute atomic E-state index is 4.30. The minimum absolute atomic E-state index is 0.799. The van der Waals surface area contributed by atoms with Crippen LogP contribution in [0.25, 0.3) is 0 Å². The van der Waals surface area contributed by atoms with Gasteiger partial charge in [-0.25, -0.2) is 0 Å². The zero-order chi connectivity index (χ0) is 10.5. The maximum Gasteiger partial charge on any atom is 0.0724 e. The van der Waals surface area contributed by atoms with Crippen molar-refractivity contribution in [1.29, 1.82) is 0 Å². The van der Waals surface area contributed by atoms with Crippen LogP contribution in [0.1, 0.15) is 25.0 Å². The molecule has 0 saturated heterocycles. The van der Waals surface area contributed by atoms with Crippen LogP contribution < -0.4 is 5.32 Å². The highest BCUT2D eigenvalue weighted by Gasteiger charge is 2.64. The SMILES string of the molecule is c1cnc(CNC2C3C4CCC(C4)C23)cn1. The maximum atomic E-state index is 4.30. The lowest BCUT2D eigenvalue weighted by atomic mass is 10.0. The molecule has 1 aromatic rings. The third-order valence-corrected chi connectivity index (χ3v) is 4.87. The minimum Gasteiger partial charge on any atom is -0.308 e. The zero-order valence-electron chi connectivity index (χ0n) is 9.34. The summed E-state index contributed by atoms with van der Waals surface area (Å²) in [6.07, 6.45) is 9.88. The van der Waals surface area contributed by atoms with Crippen LogP contribution in [0.2, 0.25) is 0 Å². The molecule has 4 atom stereocenters. The van der Waals surface area contributed by atoms with E-state index in [1.54, 1.807) is 12.4 Å². The van der Waals surface area contributed by atoms with Crippen molar-refractivity contribution in [1.82, 2.24) is 15.3 Å². The lowest BCUT2D eigenvalue weighted by molar-refractivity contribution is 0.456. The minimum atomic E-state index is 0.799. The van der Waals surface area contributed by atoms with Crippen molar-refractivity contribution in [3.05, 3.63) is 24.3 Å². The molecule has 84 valence electrons. The summed E-state index contributed by atoms with van der Waals surface area (Å²) in [6, 6.07) is 0.799. The van der Waals surface area contributed by atoms with Crippen LogP contribution in [0, 0.1) is 23.7 Å². The van der Waals surface area contributed by atoms with Gasteiger partial charge in [0, 0.05) is 31.2 Å². The number of hydrogen-bond donors (Lipinski definition) is 1. The summed E-state index contributed by atoms with van der Waals surface area (Å²) >= 11 is 0. The Hall–Kier alpha value is -0.960. The van der Waals surface area contributed by atoms with Crippen molar-refractivity contribution in [3.8, 4) is 0 Å². The van der Waals surface area contributed by atoms with Gasteiger partial charge >= 0.3 is 0 Å². The molecule has 1 N–H and O–H groups in total. The van der Waals surface area contributed by atoms with E-state index in [9.17, 15) is 0 Å². The third-order valence-electron chi connectivity index (χ3n) is 4.87. The Morgan fingerprint density at radius 1 is 1.19 bits per heavy atom. The monoisotopic (exact) mass is 215 g/mol. The van der Waals surface area contributed by atoms with Crippen LogP contribution in [-0.4, -0.2) is 16.0 Å². The summed E-state index contributed by atoms with van der Waals surface area (Å²) in [5, 5.41) is 3.67. The Morgan fingerprint density at radius 3 is 2.69 bits per heavy atom. The molecule has 1 aromatic heterocycles. The molecule has 0 spiro atoms. The fraction of sp³-hybridized carbons (Fsp3) is 0.692. The Kier molecular flexibility index (Phi) is 1.86. The van der Waals surface area contributed by atoms with Crippen LogP contribution in [-0.2, 0) is 6.54 Å². The van der Waals surface area contributed by atoms with Gasteiger partial charge in [-0.2, -0.15) is 0 Å². The summed E-state index contributed by atoms with van der Waals surface area (Å²) in [7, 11) is 0. The lowest BCUT2D eigenvalue weighted by Crippen LogP contribution is -2.23. The lowest BCUT2D eigenvalue weighted by Gasteiger charge is -2.09. The van der Waals surface area contributed by atoms with Crippen molar-refractivity contribution >= 4 is 0 Å².